The Morgan fingerprint density at radius 2 is 2.29 bits per heavy atom. The summed E-state index contributed by atoms with van der Waals surface area (Å²) in [5, 5.41) is 13.0. The molecule has 1 atom stereocenters. The van der Waals surface area contributed by atoms with Crippen LogP contribution in [0.5, 0.6) is 0 Å². The SMILES string of the molecule is CCNC(CN1CCc2ccc(F)cc21)(C(=O)O)C1CC1. The van der Waals surface area contributed by atoms with Gasteiger partial charge in [-0.2, -0.15) is 0 Å². The van der Waals surface area contributed by atoms with Crippen molar-refractivity contribution < 1.29 is 14.3 Å². The molecular formula is C16H21FN2O2. The van der Waals surface area contributed by atoms with Crippen molar-refractivity contribution in [2.24, 2.45) is 5.92 Å². The molecule has 1 aliphatic carbocycles. The van der Waals surface area contributed by atoms with Crippen LogP contribution < -0.4 is 10.2 Å². The van der Waals surface area contributed by atoms with Crippen LogP contribution in [-0.4, -0.2) is 36.2 Å². The summed E-state index contributed by atoms with van der Waals surface area (Å²) in [4.78, 5) is 13.9. The first-order chi connectivity index (χ1) is 10.1. The Bertz CT molecular complexity index is 559. The van der Waals surface area contributed by atoms with Gasteiger partial charge in [-0.05, 0) is 49.4 Å². The minimum absolute atomic E-state index is 0.174. The fourth-order valence-corrected chi connectivity index (χ4v) is 3.42. The number of aliphatic carboxylic acids is 1. The number of nitrogens with one attached hydrogen (secondary N) is 1. The van der Waals surface area contributed by atoms with Gasteiger partial charge in [-0.3, -0.25) is 4.79 Å². The van der Waals surface area contributed by atoms with E-state index in [0.29, 0.717) is 13.1 Å². The number of halogens is 1. The molecule has 114 valence electrons. The summed E-state index contributed by atoms with van der Waals surface area (Å²) in [7, 11) is 0. The minimum atomic E-state index is -0.914. The van der Waals surface area contributed by atoms with Gasteiger partial charge >= 0.3 is 5.97 Å². The Morgan fingerprint density at radius 1 is 1.52 bits per heavy atom. The molecule has 2 N–H and O–H groups in total. The zero-order valence-corrected chi connectivity index (χ0v) is 12.2. The van der Waals surface area contributed by atoms with Gasteiger partial charge in [0.1, 0.15) is 11.4 Å². The first-order valence-electron chi connectivity index (χ1n) is 7.58. The van der Waals surface area contributed by atoms with E-state index in [1.54, 1.807) is 6.07 Å². The molecule has 0 radical (unpaired) electrons. The Balaban J connectivity index is 1.88. The molecule has 1 unspecified atom stereocenters. The lowest BCUT2D eigenvalue weighted by atomic mass is 9.92. The Labute approximate surface area is 124 Å². The van der Waals surface area contributed by atoms with Gasteiger partial charge in [0.25, 0.3) is 0 Å². The second-order valence-electron chi connectivity index (χ2n) is 6.03. The highest BCUT2D eigenvalue weighted by Gasteiger charge is 2.52. The molecule has 1 aromatic carbocycles. The highest BCUT2D eigenvalue weighted by Crippen LogP contribution is 2.42. The summed E-state index contributed by atoms with van der Waals surface area (Å²) in [6.45, 7) is 3.70. The van der Waals surface area contributed by atoms with Crippen LogP contribution in [0.4, 0.5) is 10.1 Å². The quantitative estimate of drug-likeness (QED) is 0.842. The van der Waals surface area contributed by atoms with Crippen LogP contribution in [0.1, 0.15) is 25.3 Å². The van der Waals surface area contributed by atoms with E-state index in [1.165, 1.54) is 12.1 Å². The lowest BCUT2D eigenvalue weighted by Gasteiger charge is -2.35. The van der Waals surface area contributed by atoms with Crippen LogP contribution in [0, 0.1) is 11.7 Å². The zero-order chi connectivity index (χ0) is 15.0. The molecule has 0 amide bonds. The second kappa shape index (κ2) is 5.30. The first kappa shape index (κ1) is 14.3. The van der Waals surface area contributed by atoms with Crippen LogP contribution in [0.15, 0.2) is 18.2 Å². The van der Waals surface area contributed by atoms with Crippen molar-refractivity contribution in [3.8, 4) is 0 Å². The van der Waals surface area contributed by atoms with Crippen molar-refractivity contribution in [2.45, 2.75) is 31.7 Å². The van der Waals surface area contributed by atoms with Gasteiger partial charge in [-0.1, -0.05) is 13.0 Å². The average Bonchev–Trinajstić information content (AvgIpc) is 3.22. The van der Waals surface area contributed by atoms with Gasteiger partial charge in [-0.25, -0.2) is 4.39 Å². The van der Waals surface area contributed by atoms with E-state index >= 15 is 0 Å². The molecule has 0 spiro atoms. The normalized spacial score (nSPS) is 20.2. The van der Waals surface area contributed by atoms with Gasteiger partial charge < -0.3 is 15.3 Å². The molecule has 3 rings (SSSR count). The largest absolute Gasteiger partial charge is 0.480 e. The molecule has 0 bridgehead atoms. The second-order valence-corrected chi connectivity index (χ2v) is 6.03. The van der Waals surface area contributed by atoms with Crippen LogP contribution in [0.2, 0.25) is 0 Å². The van der Waals surface area contributed by atoms with E-state index in [4.69, 9.17) is 0 Å². The summed E-state index contributed by atoms with van der Waals surface area (Å²) in [5.74, 6) is -0.888. The number of anilines is 1. The Hall–Kier alpha value is -1.62. The predicted octanol–water partition coefficient (Wildman–Crippen LogP) is 2.03. The van der Waals surface area contributed by atoms with Crippen LogP contribution in [0.3, 0.4) is 0 Å². The monoisotopic (exact) mass is 292 g/mol. The van der Waals surface area contributed by atoms with Crippen molar-refractivity contribution in [1.82, 2.24) is 5.32 Å². The highest BCUT2D eigenvalue weighted by atomic mass is 19.1. The number of fused-ring (bicyclic) bond motifs is 1. The van der Waals surface area contributed by atoms with E-state index in [0.717, 1.165) is 37.1 Å². The number of carboxylic acid groups (broad SMARTS) is 1. The van der Waals surface area contributed by atoms with Crippen molar-refractivity contribution in [1.29, 1.82) is 0 Å². The molecule has 0 saturated heterocycles. The summed E-state index contributed by atoms with van der Waals surface area (Å²) in [5.41, 5.74) is 1.03. The maximum absolute atomic E-state index is 13.5. The Morgan fingerprint density at radius 3 is 2.90 bits per heavy atom. The van der Waals surface area contributed by atoms with Gasteiger partial charge in [0.05, 0.1) is 0 Å². The first-order valence-corrected chi connectivity index (χ1v) is 7.58. The van der Waals surface area contributed by atoms with E-state index in [2.05, 4.69) is 5.32 Å². The molecule has 5 heteroatoms. The summed E-state index contributed by atoms with van der Waals surface area (Å²) in [6.07, 6.45) is 2.74. The van der Waals surface area contributed by atoms with E-state index < -0.39 is 11.5 Å². The molecule has 1 heterocycles. The number of rotatable bonds is 6. The smallest absolute Gasteiger partial charge is 0.326 e. The predicted molar refractivity (Wildman–Crippen MR) is 79.1 cm³/mol. The maximum atomic E-state index is 13.5. The van der Waals surface area contributed by atoms with Crippen molar-refractivity contribution in [2.75, 3.05) is 24.5 Å². The fourth-order valence-electron chi connectivity index (χ4n) is 3.42. The molecule has 2 aliphatic rings. The number of carboxylic acids is 1. The molecule has 1 fully saturated rings. The molecule has 0 aromatic heterocycles. The fraction of sp³-hybridized carbons (Fsp3) is 0.562. The van der Waals surface area contributed by atoms with Crippen molar-refractivity contribution in [3.63, 3.8) is 0 Å². The highest BCUT2D eigenvalue weighted by molar-refractivity contribution is 5.81. The van der Waals surface area contributed by atoms with Crippen LogP contribution in [-0.2, 0) is 11.2 Å². The summed E-state index contributed by atoms with van der Waals surface area (Å²) >= 11 is 0. The van der Waals surface area contributed by atoms with Gasteiger partial charge in [0.15, 0.2) is 0 Å². The number of hydrogen-bond donors (Lipinski definition) is 2. The third-order valence-electron chi connectivity index (χ3n) is 4.63. The summed E-state index contributed by atoms with van der Waals surface area (Å²) < 4.78 is 13.5. The van der Waals surface area contributed by atoms with E-state index in [9.17, 15) is 14.3 Å². The van der Waals surface area contributed by atoms with Crippen molar-refractivity contribution in [3.05, 3.63) is 29.6 Å². The van der Waals surface area contributed by atoms with Gasteiger partial charge in [0, 0.05) is 18.8 Å². The third-order valence-corrected chi connectivity index (χ3v) is 4.63. The third kappa shape index (κ3) is 2.50. The number of likely N-dealkylation sites (N-methyl/N-ethyl adjacent to an activating group) is 1. The number of benzene rings is 1. The molecular weight excluding hydrogens is 271 g/mol. The van der Waals surface area contributed by atoms with Crippen molar-refractivity contribution >= 4 is 11.7 Å². The lowest BCUT2D eigenvalue weighted by Crippen LogP contribution is -2.60. The van der Waals surface area contributed by atoms with Crippen LogP contribution in [0.25, 0.3) is 0 Å². The lowest BCUT2D eigenvalue weighted by molar-refractivity contribution is -0.145. The Kier molecular flexibility index (Phi) is 3.61. The average molecular weight is 292 g/mol. The number of hydrogen-bond acceptors (Lipinski definition) is 3. The molecule has 1 aromatic rings. The standard InChI is InChI=1S/C16H21FN2O2/c1-2-18-16(15(20)21,12-4-5-12)10-19-8-7-11-3-6-13(17)9-14(11)19/h3,6,9,12,18H,2,4-5,7-8,10H2,1H3,(H,20,21). The summed E-state index contributed by atoms with van der Waals surface area (Å²) in [6, 6.07) is 4.79. The van der Waals surface area contributed by atoms with Gasteiger partial charge in [0.2, 0.25) is 0 Å². The maximum Gasteiger partial charge on any atom is 0.326 e. The number of nitrogens with zero attached hydrogens (tertiary/aromatic N) is 1. The molecule has 1 aliphatic heterocycles. The molecule has 4 nitrogen and oxygen atoms in total. The van der Waals surface area contributed by atoms with E-state index in [-0.39, 0.29) is 11.7 Å². The molecule has 21 heavy (non-hydrogen) atoms. The van der Waals surface area contributed by atoms with Gasteiger partial charge in [-0.15, -0.1) is 0 Å². The minimum Gasteiger partial charge on any atom is -0.480 e. The topological polar surface area (TPSA) is 52.6 Å². The zero-order valence-electron chi connectivity index (χ0n) is 12.2. The van der Waals surface area contributed by atoms with E-state index in [1.807, 2.05) is 11.8 Å². The number of carbonyl (C=O) groups is 1. The van der Waals surface area contributed by atoms with Crippen LogP contribution >= 0.6 is 0 Å². The molecule has 1 saturated carbocycles.